The molecule has 3 unspecified atom stereocenters. The van der Waals surface area contributed by atoms with Gasteiger partial charge in [0.15, 0.2) is 0 Å². The lowest BCUT2D eigenvalue weighted by Crippen LogP contribution is -2.29. The monoisotopic (exact) mass is 189 g/mol. The van der Waals surface area contributed by atoms with Crippen LogP contribution in [0.25, 0.3) is 0 Å². The third kappa shape index (κ3) is 3.09. The lowest BCUT2D eigenvalue weighted by atomic mass is 9.92. The molecule has 0 saturated heterocycles. The molecule has 0 rings (SSSR count). The normalized spacial score (nSPS) is 17.5. The third-order valence-electron chi connectivity index (χ3n) is 1.58. The van der Waals surface area contributed by atoms with E-state index in [4.69, 9.17) is 0 Å². The van der Waals surface area contributed by atoms with Crippen molar-refractivity contribution < 1.29 is 13.2 Å². The number of alkyl halides is 3. The Kier molecular flexibility index (Phi) is 5.19. The third-order valence-corrected chi connectivity index (χ3v) is 1.58. The molecule has 0 aliphatic carbocycles. The van der Waals surface area contributed by atoms with Crippen molar-refractivity contribution in [1.82, 2.24) is 0 Å². The maximum atomic E-state index is 12.9. The molecular weight excluding hydrogens is 177 g/mol. The number of hydrogen-bond donors (Lipinski definition) is 0. The minimum atomic E-state index is -1.82. The van der Waals surface area contributed by atoms with Gasteiger partial charge in [0.25, 0.3) is 0 Å². The Morgan fingerprint density at radius 2 is 1.00 bits per heavy atom. The van der Waals surface area contributed by atoms with Crippen molar-refractivity contribution in [3.63, 3.8) is 0 Å². The van der Waals surface area contributed by atoms with Crippen LogP contribution < -0.4 is 0 Å². The van der Waals surface area contributed by atoms with Gasteiger partial charge in [0.2, 0.25) is 0 Å². The molecule has 3 atom stereocenters. The van der Waals surface area contributed by atoms with Gasteiger partial charge in [-0.15, -0.1) is 19.7 Å². The second-order valence-corrected chi connectivity index (χ2v) is 2.41. The first-order valence-electron chi connectivity index (χ1n) is 3.75. The van der Waals surface area contributed by atoms with E-state index in [9.17, 15) is 13.2 Å². The Balaban J connectivity index is 4.61. The highest BCUT2D eigenvalue weighted by Crippen LogP contribution is 2.26. The van der Waals surface area contributed by atoms with Crippen LogP contribution in [0.2, 0.25) is 0 Å². The molecule has 0 nitrogen and oxygen atoms in total. The second kappa shape index (κ2) is 5.62. The Morgan fingerprint density at radius 1 is 0.769 bits per heavy atom. The zero-order valence-electron chi connectivity index (χ0n) is 7.22. The lowest BCUT2D eigenvalue weighted by molar-refractivity contribution is 0.248. The molecule has 0 aliphatic heterocycles. The van der Waals surface area contributed by atoms with Crippen molar-refractivity contribution >= 4 is 0 Å². The zero-order chi connectivity index (χ0) is 10.4. The summed E-state index contributed by atoms with van der Waals surface area (Å²) in [5, 5.41) is 0. The first-order valence-corrected chi connectivity index (χ1v) is 3.75. The van der Waals surface area contributed by atoms with E-state index in [2.05, 4.69) is 19.7 Å². The van der Waals surface area contributed by atoms with Crippen LogP contribution in [-0.2, 0) is 0 Å². The summed E-state index contributed by atoms with van der Waals surface area (Å²) in [6, 6.07) is 0. The summed E-state index contributed by atoms with van der Waals surface area (Å²) in [7, 11) is 0. The molecule has 3 heteroatoms. The van der Waals surface area contributed by atoms with E-state index in [0.29, 0.717) is 0 Å². The van der Waals surface area contributed by atoms with Crippen molar-refractivity contribution in [3.05, 3.63) is 43.9 Å². The zero-order valence-corrected chi connectivity index (χ0v) is 7.22. The minimum Gasteiger partial charge on any atom is -0.242 e. The fourth-order valence-electron chi connectivity index (χ4n) is 0.865. The molecule has 0 saturated carbocycles. The molecule has 1 radical (unpaired) electrons. The Morgan fingerprint density at radius 3 is 1.15 bits per heavy atom. The maximum absolute atomic E-state index is 12.9. The predicted octanol–water partition coefficient (Wildman–Crippen LogP) is 3.13. The highest BCUT2D eigenvalue weighted by Gasteiger charge is 2.33. The average molecular weight is 189 g/mol. The highest BCUT2D eigenvalue weighted by atomic mass is 19.2. The van der Waals surface area contributed by atoms with Gasteiger partial charge in [-0.2, -0.15) is 0 Å². The molecule has 0 heterocycles. The van der Waals surface area contributed by atoms with E-state index in [1.165, 1.54) is 0 Å². The number of rotatable bonds is 6. The van der Waals surface area contributed by atoms with Crippen LogP contribution in [0.4, 0.5) is 13.2 Å². The standard InChI is InChI=1S/C10H12F3/c1-4-7(11)10(8(12)5-2)9(13)6-3/h4-9H,1-3H2. The van der Waals surface area contributed by atoms with Crippen LogP contribution in [0, 0.1) is 5.92 Å². The molecule has 0 spiro atoms. The van der Waals surface area contributed by atoms with Gasteiger partial charge >= 0.3 is 0 Å². The predicted molar refractivity (Wildman–Crippen MR) is 48.5 cm³/mol. The quantitative estimate of drug-likeness (QED) is 0.563. The van der Waals surface area contributed by atoms with Gasteiger partial charge in [0.05, 0.1) is 5.92 Å². The van der Waals surface area contributed by atoms with E-state index in [1.807, 2.05) is 0 Å². The molecule has 0 fully saturated rings. The lowest BCUT2D eigenvalue weighted by Gasteiger charge is -2.21. The highest BCUT2D eigenvalue weighted by molar-refractivity contribution is 5.22. The maximum Gasteiger partial charge on any atom is 0.131 e. The van der Waals surface area contributed by atoms with Crippen LogP contribution in [0.5, 0.6) is 0 Å². The first kappa shape index (κ1) is 12.0. The van der Waals surface area contributed by atoms with Crippen LogP contribution >= 0.6 is 0 Å². The average Bonchev–Trinajstić information content (AvgIpc) is 2.16. The topological polar surface area (TPSA) is 0 Å². The summed E-state index contributed by atoms with van der Waals surface area (Å²) in [5.41, 5.74) is 0. The van der Waals surface area contributed by atoms with Crippen molar-refractivity contribution in [2.75, 3.05) is 0 Å². The number of hydrogen-bond acceptors (Lipinski definition) is 0. The fraction of sp³-hybridized carbons (Fsp3) is 0.300. The molecule has 0 aromatic rings. The van der Waals surface area contributed by atoms with Gasteiger partial charge in [-0.05, 0) is 0 Å². The van der Waals surface area contributed by atoms with Gasteiger partial charge in [-0.3, -0.25) is 0 Å². The molecule has 0 amide bonds. The molecule has 0 N–H and O–H groups in total. The number of halogens is 3. The summed E-state index contributed by atoms with van der Waals surface area (Å²) in [5.74, 6) is -0.556. The summed E-state index contributed by atoms with van der Waals surface area (Å²) >= 11 is 0. The molecule has 0 aliphatic rings. The van der Waals surface area contributed by atoms with Crippen molar-refractivity contribution in [3.8, 4) is 0 Å². The van der Waals surface area contributed by atoms with Crippen molar-refractivity contribution in [1.29, 1.82) is 0 Å². The Bertz CT molecular complexity index is 155. The van der Waals surface area contributed by atoms with E-state index in [1.54, 1.807) is 0 Å². The van der Waals surface area contributed by atoms with Crippen LogP contribution in [0.3, 0.4) is 0 Å². The van der Waals surface area contributed by atoms with E-state index < -0.39 is 24.4 Å². The van der Waals surface area contributed by atoms with Crippen molar-refractivity contribution in [2.45, 2.75) is 18.5 Å². The smallest absolute Gasteiger partial charge is 0.131 e. The molecule has 13 heavy (non-hydrogen) atoms. The van der Waals surface area contributed by atoms with Gasteiger partial charge in [0, 0.05) is 0 Å². The molecule has 0 bridgehead atoms. The Hall–Kier alpha value is -0.990. The second-order valence-electron chi connectivity index (χ2n) is 2.41. The molecule has 73 valence electrons. The first-order chi connectivity index (χ1) is 6.08. The van der Waals surface area contributed by atoms with E-state index in [0.717, 1.165) is 18.2 Å². The van der Waals surface area contributed by atoms with Gasteiger partial charge < -0.3 is 0 Å². The van der Waals surface area contributed by atoms with Gasteiger partial charge in [-0.1, -0.05) is 18.2 Å². The van der Waals surface area contributed by atoms with Crippen LogP contribution in [0.1, 0.15) is 0 Å². The van der Waals surface area contributed by atoms with Gasteiger partial charge in [-0.25, -0.2) is 13.2 Å². The van der Waals surface area contributed by atoms with Crippen molar-refractivity contribution in [2.24, 2.45) is 0 Å². The summed E-state index contributed by atoms with van der Waals surface area (Å²) in [6.45, 7) is 9.35. The summed E-state index contributed by atoms with van der Waals surface area (Å²) < 4.78 is 38.8. The van der Waals surface area contributed by atoms with Crippen LogP contribution in [0.15, 0.2) is 38.0 Å². The molecule has 0 aromatic carbocycles. The van der Waals surface area contributed by atoms with E-state index >= 15 is 0 Å². The van der Waals surface area contributed by atoms with Crippen LogP contribution in [-0.4, -0.2) is 18.5 Å². The molecule has 0 aromatic heterocycles. The van der Waals surface area contributed by atoms with E-state index in [-0.39, 0.29) is 0 Å². The number of allylic oxidation sites excluding steroid dienone is 3. The molecular formula is C10H12F3. The SMILES string of the molecule is C=CC(F)[C](C(F)C=C)C(F)C=C. The fourth-order valence-corrected chi connectivity index (χ4v) is 0.865. The minimum absolute atomic E-state index is 0.556. The summed E-state index contributed by atoms with van der Waals surface area (Å²) in [6.07, 6.45) is -2.95. The largest absolute Gasteiger partial charge is 0.242 e. The summed E-state index contributed by atoms with van der Waals surface area (Å²) in [4.78, 5) is 0. The Labute approximate surface area is 76.5 Å². The van der Waals surface area contributed by atoms with Gasteiger partial charge in [0.1, 0.15) is 18.5 Å².